The van der Waals surface area contributed by atoms with Crippen LogP contribution in [0.5, 0.6) is 0 Å². The average Bonchev–Trinajstić information content (AvgIpc) is 2.54. The highest BCUT2D eigenvalue weighted by Gasteiger charge is 2.43. The average molecular weight is 367 g/mol. The fraction of sp³-hybridized carbons (Fsp3) is 0.667. The van der Waals surface area contributed by atoms with Crippen LogP contribution in [-0.2, 0) is 14.9 Å². The molecule has 3 nitrogen and oxygen atoms in total. The summed E-state index contributed by atoms with van der Waals surface area (Å²) in [4.78, 5) is 12.5. The Morgan fingerprint density at radius 1 is 1.20 bits per heavy atom. The maximum Gasteiger partial charge on any atom is 0.327 e. The SMILES string of the molecule is C[C@@H]1CC[C@@H](C(C)(C)c2ccccc2)[C@H](OC(=O)[C@@H](Cl)C(C)(C)O)C1. The van der Waals surface area contributed by atoms with E-state index in [-0.39, 0.29) is 17.4 Å². The Morgan fingerprint density at radius 3 is 2.36 bits per heavy atom. The largest absolute Gasteiger partial charge is 0.461 e. The maximum absolute atomic E-state index is 12.5. The minimum atomic E-state index is -1.30. The van der Waals surface area contributed by atoms with Crippen molar-refractivity contribution in [3.8, 4) is 0 Å². The van der Waals surface area contributed by atoms with Gasteiger partial charge in [0.05, 0.1) is 5.60 Å². The molecule has 140 valence electrons. The molecule has 1 aromatic rings. The molecule has 1 aromatic carbocycles. The molecular formula is C21H31ClO3. The molecule has 1 saturated carbocycles. The van der Waals surface area contributed by atoms with E-state index >= 15 is 0 Å². The van der Waals surface area contributed by atoms with Crippen LogP contribution in [-0.4, -0.2) is 28.2 Å². The van der Waals surface area contributed by atoms with Gasteiger partial charge < -0.3 is 9.84 Å². The summed E-state index contributed by atoms with van der Waals surface area (Å²) in [6.45, 7) is 9.69. The molecule has 0 aliphatic heterocycles. The second-order valence-corrected chi connectivity index (χ2v) is 9.04. The van der Waals surface area contributed by atoms with Crippen molar-refractivity contribution in [2.75, 3.05) is 0 Å². The van der Waals surface area contributed by atoms with Crippen molar-refractivity contribution in [2.24, 2.45) is 11.8 Å². The number of hydrogen-bond acceptors (Lipinski definition) is 3. The molecule has 0 radical (unpaired) electrons. The molecular weight excluding hydrogens is 336 g/mol. The lowest BCUT2D eigenvalue weighted by molar-refractivity contribution is -0.160. The van der Waals surface area contributed by atoms with E-state index in [0.717, 1.165) is 19.3 Å². The van der Waals surface area contributed by atoms with Crippen molar-refractivity contribution in [1.29, 1.82) is 0 Å². The van der Waals surface area contributed by atoms with Gasteiger partial charge in [0.25, 0.3) is 0 Å². The molecule has 1 aliphatic carbocycles. The molecule has 0 spiro atoms. The van der Waals surface area contributed by atoms with Gasteiger partial charge in [0, 0.05) is 5.92 Å². The fourth-order valence-corrected chi connectivity index (χ4v) is 3.92. The quantitative estimate of drug-likeness (QED) is 0.607. The number of aliphatic hydroxyl groups is 1. The highest BCUT2D eigenvalue weighted by atomic mass is 35.5. The zero-order valence-electron chi connectivity index (χ0n) is 16.0. The van der Waals surface area contributed by atoms with E-state index in [1.54, 1.807) is 0 Å². The monoisotopic (exact) mass is 366 g/mol. The number of halogens is 1. The zero-order valence-corrected chi connectivity index (χ0v) is 16.7. The standard InChI is InChI=1S/C21H31ClO3/c1-14-11-12-16(20(2,3)15-9-7-6-8-10-15)17(13-14)25-19(23)18(22)21(4,5)24/h6-10,14,16-18,24H,11-13H2,1-5H3/t14-,16-,17-,18-/m1/s1. The molecule has 0 bridgehead atoms. The van der Waals surface area contributed by atoms with E-state index in [1.807, 2.05) is 18.2 Å². The van der Waals surface area contributed by atoms with Crippen LogP contribution in [0.25, 0.3) is 0 Å². The van der Waals surface area contributed by atoms with E-state index in [0.29, 0.717) is 5.92 Å². The Kier molecular flexibility index (Phi) is 6.22. The molecule has 4 atom stereocenters. The molecule has 1 N–H and O–H groups in total. The van der Waals surface area contributed by atoms with Gasteiger partial charge in [0.15, 0.2) is 5.38 Å². The van der Waals surface area contributed by atoms with Crippen LogP contribution in [0.3, 0.4) is 0 Å². The lowest BCUT2D eigenvalue weighted by Crippen LogP contribution is -2.46. The minimum absolute atomic E-state index is 0.108. The second kappa shape index (κ2) is 7.67. The summed E-state index contributed by atoms with van der Waals surface area (Å²) in [7, 11) is 0. The van der Waals surface area contributed by atoms with Crippen molar-refractivity contribution in [3.63, 3.8) is 0 Å². The Bertz CT molecular complexity index is 577. The van der Waals surface area contributed by atoms with Crippen LogP contribution in [0.1, 0.15) is 59.4 Å². The van der Waals surface area contributed by atoms with Crippen LogP contribution in [0, 0.1) is 11.8 Å². The van der Waals surface area contributed by atoms with Crippen molar-refractivity contribution in [2.45, 2.75) is 76.4 Å². The van der Waals surface area contributed by atoms with Gasteiger partial charge in [-0.15, -0.1) is 11.6 Å². The number of benzene rings is 1. The molecule has 1 aliphatic rings. The third-order valence-electron chi connectivity index (χ3n) is 5.59. The van der Waals surface area contributed by atoms with Gasteiger partial charge in [-0.1, -0.05) is 57.5 Å². The first-order valence-electron chi connectivity index (χ1n) is 9.16. The summed E-state index contributed by atoms with van der Waals surface area (Å²) in [5.74, 6) is 0.208. The highest BCUT2D eigenvalue weighted by Crippen LogP contribution is 2.43. The smallest absolute Gasteiger partial charge is 0.327 e. The number of hydrogen-bond donors (Lipinski definition) is 1. The first-order chi connectivity index (χ1) is 11.5. The summed E-state index contributed by atoms with van der Waals surface area (Å²) < 4.78 is 5.84. The predicted molar refractivity (Wildman–Crippen MR) is 102 cm³/mol. The molecule has 4 heteroatoms. The van der Waals surface area contributed by atoms with Gasteiger partial charge in [-0.05, 0) is 43.6 Å². The third kappa shape index (κ3) is 4.77. The topological polar surface area (TPSA) is 46.5 Å². The van der Waals surface area contributed by atoms with Crippen molar-refractivity contribution < 1.29 is 14.6 Å². The zero-order chi connectivity index (χ0) is 18.8. The van der Waals surface area contributed by atoms with Crippen LogP contribution in [0.2, 0.25) is 0 Å². The van der Waals surface area contributed by atoms with Crippen molar-refractivity contribution in [1.82, 2.24) is 0 Å². The Hall–Kier alpha value is -1.06. The number of esters is 1. The molecule has 2 rings (SSSR count). The van der Waals surface area contributed by atoms with Crippen molar-refractivity contribution in [3.05, 3.63) is 35.9 Å². The Balaban J connectivity index is 2.22. The molecule has 25 heavy (non-hydrogen) atoms. The summed E-state index contributed by atoms with van der Waals surface area (Å²) in [5.41, 5.74) is -0.160. The third-order valence-corrected chi connectivity index (χ3v) is 6.31. The van der Waals surface area contributed by atoms with Crippen LogP contribution < -0.4 is 0 Å². The van der Waals surface area contributed by atoms with E-state index in [9.17, 15) is 9.90 Å². The summed E-state index contributed by atoms with van der Waals surface area (Å²) in [6.07, 6.45) is 2.79. The number of carbonyl (C=O) groups is 1. The molecule has 0 saturated heterocycles. The molecule has 0 heterocycles. The number of alkyl halides is 1. The Labute approximate surface area is 156 Å². The van der Waals surface area contributed by atoms with Crippen LogP contribution in [0.4, 0.5) is 0 Å². The fourth-order valence-electron chi connectivity index (χ4n) is 3.86. The number of ether oxygens (including phenoxy) is 1. The van der Waals surface area contributed by atoms with Gasteiger partial charge in [-0.25, -0.2) is 0 Å². The van der Waals surface area contributed by atoms with E-state index in [1.165, 1.54) is 19.4 Å². The first kappa shape index (κ1) is 20.3. The van der Waals surface area contributed by atoms with Gasteiger partial charge in [0.1, 0.15) is 6.10 Å². The lowest BCUT2D eigenvalue weighted by Gasteiger charge is -2.44. The minimum Gasteiger partial charge on any atom is -0.461 e. The lowest BCUT2D eigenvalue weighted by atomic mass is 9.64. The summed E-state index contributed by atoms with van der Waals surface area (Å²) in [5, 5.41) is 8.94. The molecule has 0 aromatic heterocycles. The Morgan fingerprint density at radius 2 is 1.80 bits per heavy atom. The highest BCUT2D eigenvalue weighted by molar-refractivity contribution is 6.30. The van der Waals surface area contributed by atoms with E-state index in [4.69, 9.17) is 16.3 Å². The number of rotatable bonds is 5. The van der Waals surface area contributed by atoms with E-state index in [2.05, 4.69) is 32.9 Å². The summed E-state index contributed by atoms with van der Waals surface area (Å²) in [6, 6.07) is 10.4. The maximum atomic E-state index is 12.5. The van der Waals surface area contributed by atoms with Gasteiger partial charge in [-0.3, -0.25) is 4.79 Å². The van der Waals surface area contributed by atoms with Gasteiger partial charge in [-0.2, -0.15) is 0 Å². The molecule has 0 unspecified atom stereocenters. The second-order valence-electron chi connectivity index (χ2n) is 8.60. The first-order valence-corrected chi connectivity index (χ1v) is 9.59. The number of carbonyl (C=O) groups excluding carboxylic acids is 1. The normalized spacial score (nSPS) is 26.1. The molecule has 0 amide bonds. The van der Waals surface area contributed by atoms with Gasteiger partial charge in [0.2, 0.25) is 0 Å². The van der Waals surface area contributed by atoms with Crippen molar-refractivity contribution >= 4 is 17.6 Å². The van der Waals surface area contributed by atoms with Crippen LogP contribution >= 0.6 is 11.6 Å². The van der Waals surface area contributed by atoms with E-state index < -0.39 is 16.9 Å². The van der Waals surface area contributed by atoms with Crippen LogP contribution in [0.15, 0.2) is 30.3 Å². The molecule has 1 fully saturated rings. The van der Waals surface area contributed by atoms with Gasteiger partial charge >= 0.3 is 5.97 Å². The predicted octanol–water partition coefficient (Wildman–Crippen LogP) is 4.69. The summed E-state index contributed by atoms with van der Waals surface area (Å²) >= 11 is 6.12.